The highest BCUT2D eigenvalue weighted by atomic mass is 79.9. The zero-order chi connectivity index (χ0) is 16.4. The second-order valence-corrected chi connectivity index (χ2v) is 5.52. The van der Waals surface area contributed by atoms with Crippen LogP contribution in [-0.4, -0.2) is 28.2 Å². The van der Waals surface area contributed by atoms with Gasteiger partial charge in [0.25, 0.3) is 0 Å². The maximum absolute atomic E-state index is 11.3. The first-order valence-electron chi connectivity index (χ1n) is 6.55. The van der Waals surface area contributed by atoms with Crippen molar-refractivity contribution in [3.05, 3.63) is 46.6 Å². The largest absolute Gasteiger partial charge is 0.493 e. The molecule has 0 aliphatic heterocycles. The molecule has 2 N–H and O–H groups in total. The Morgan fingerprint density at radius 2 is 2.13 bits per heavy atom. The first-order valence-corrected chi connectivity index (χ1v) is 7.34. The van der Waals surface area contributed by atoms with Gasteiger partial charge in [-0.15, -0.1) is 10.2 Å². The summed E-state index contributed by atoms with van der Waals surface area (Å²) in [4.78, 5) is 18.2. The van der Waals surface area contributed by atoms with Crippen LogP contribution in [0.15, 0.2) is 51.2 Å². The van der Waals surface area contributed by atoms with Crippen molar-refractivity contribution in [1.82, 2.24) is 9.97 Å². The lowest BCUT2D eigenvalue weighted by Gasteiger charge is -1.98. The molecule has 3 aromatic rings. The molecule has 2 heterocycles. The van der Waals surface area contributed by atoms with Gasteiger partial charge in [-0.05, 0) is 30.3 Å². The van der Waals surface area contributed by atoms with E-state index >= 15 is 0 Å². The van der Waals surface area contributed by atoms with Gasteiger partial charge in [0.15, 0.2) is 11.5 Å². The second-order valence-electron chi connectivity index (χ2n) is 4.61. The predicted octanol–water partition coefficient (Wildman–Crippen LogP) is 4.23. The van der Waals surface area contributed by atoms with E-state index < -0.39 is 5.97 Å². The molecule has 3 rings (SSSR count). The maximum atomic E-state index is 11.3. The van der Waals surface area contributed by atoms with Crippen LogP contribution in [0.4, 0.5) is 11.5 Å². The molecule has 116 valence electrons. The van der Waals surface area contributed by atoms with E-state index in [0.717, 1.165) is 15.4 Å². The number of carbonyl (C=O) groups excluding carboxylic acids is 1. The molecule has 0 unspecified atom stereocenters. The molecule has 0 radical (unpaired) electrons. The number of hydrogen-bond donors (Lipinski definition) is 2. The summed E-state index contributed by atoms with van der Waals surface area (Å²) < 4.78 is 5.46. The molecule has 2 aromatic heterocycles. The third-order valence-corrected chi connectivity index (χ3v) is 3.63. The number of rotatable bonds is 3. The highest BCUT2D eigenvalue weighted by Crippen LogP contribution is 2.37. The number of fused-ring (bicyclic) bond motifs is 1. The highest BCUT2D eigenvalue weighted by Gasteiger charge is 2.11. The molecule has 0 fully saturated rings. The average Bonchev–Trinajstić information content (AvgIpc) is 2.87. The Morgan fingerprint density at radius 1 is 1.30 bits per heavy atom. The van der Waals surface area contributed by atoms with Gasteiger partial charge in [0.1, 0.15) is 0 Å². The molecule has 8 heteroatoms. The van der Waals surface area contributed by atoms with Gasteiger partial charge in [-0.1, -0.05) is 15.9 Å². The Kier molecular flexibility index (Phi) is 4.07. The van der Waals surface area contributed by atoms with Gasteiger partial charge >= 0.3 is 5.97 Å². The van der Waals surface area contributed by atoms with Gasteiger partial charge in [-0.2, -0.15) is 0 Å². The van der Waals surface area contributed by atoms with Gasteiger partial charge in [0.2, 0.25) is 5.88 Å². The molecule has 0 atom stereocenters. The van der Waals surface area contributed by atoms with Crippen LogP contribution < -0.4 is 0 Å². The number of aromatic hydroxyl groups is 1. The van der Waals surface area contributed by atoms with E-state index in [9.17, 15) is 9.90 Å². The van der Waals surface area contributed by atoms with Crippen molar-refractivity contribution >= 4 is 44.3 Å². The van der Waals surface area contributed by atoms with Gasteiger partial charge in [0, 0.05) is 16.1 Å². The standard InChI is InChI=1S/C15H11BrN4O3/c1-23-15(22)8-2-5-12(17-7-8)19-20-13-10-6-9(16)3-4-11(10)18-14(13)21/h2-7,18,21H,1H3. The van der Waals surface area contributed by atoms with Crippen LogP contribution in [0.5, 0.6) is 5.88 Å². The number of pyridine rings is 1. The van der Waals surface area contributed by atoms with Crippen molar-refractivity contribution in [2.75, 3.05) is 7.11 Å². The summed E-state index contributed by atoms with van der Waals surface area (Å²) >= 11 is 3.38. The fourth-order valence-corrected chi connectivity index (χ4v) is 2.38. The van der Waals surface area contributed by atoms with Crippen LogP contribution in [-0.2, 0) is 4.74 Å². The zero-order valence-corrected chi connectivity index (χ0v) is 13.5. The summed E-state index contributed by atoms with van der Waals surface area (Å²) in [6.07, 6.45) is 1.35. The van der Waals surface area contributed by atoms with E-state index in [2.05, 4.69) is 40.9 Å². The van der Waals surface area contributed by atoms with Crippen LogP contribution >= 0.6 is 15.9 Å². The number of benzene rings is 1. The third-order valence-electron chi connectivity index (χ3n) is 3.14. The van der Waals surface area contributed by atoms with Crippen LogP contribution in [0, 0.1) is 0 Å². The fourth-order valence-electron chi connectivity index (χ4n) is 2.02. The molecule has 23 heavy (non-hydrogen) atoms. The van der Waals surface area contributed by atoms with Crippen LogP contribution in [0.2, 0.25) is 0 Å². The summed E-state index contributed by atoms with van der Waals surface area (Å²) in [6.45, 7) is 0. The number of hydrogen-bond acceptors (Lipinski definition) is 6. The van der Waals surface area contributed by atoms with Crippen molar-refractivity contribution in [1.29, 1.82) is 0 Å². The Morgan fingerprint density at radius 3 is 2.83 bits per heavy atom. The normalized spacial score (nSPS) is 11.2. The molecule has 1 aromatic carbocycles. The molecule has 0 aliphatic rings. The van der Waals surface area contributed by atoms with Crippen molar-refractivity contribution in [2.24, 2.45) is 10.2 Å². The molecule has 0 aliphatic carbocycles. The topological polar surface area (TPSA) is 99.9 Å². The Hall–Kier alpha value is -2.74. The number of ether oxygens (including phenoxy) is 1. The molecular weight excluding hydrogens is 364 g/mol. The van der Waals surface area contributed by atoms with E-state index in [4.69, 9.17) is 0 Å². The fraction of sp³-hybridized carbons (Fsp3) is 0.0667. The summed E-state index contributed by atoms with van der Waals surface area (Å²) in [6, 6.07) is 8.58. The molecule has 0 spiro atoms. The quantitative estimate of drug-likeness (QED) is 0.528. The number of azo groups is 1. The van der Waals surface area contributed by atoms with Crippen molar-refractivity contribution < 1.29 is 14.6 Å². The second kappa shape index (κ2) is 6.17. The molecule has 7 nitrogen and oxygen atoms in total. The Labute approximate surface area is 139 Å². The first kappa shape index (κ1) is 15.2. The lowest BCUT2D eigenvalue weighted by atomic mass is 10.2. The van der Waals surface area contributed by atoms with E-state index in [1.54, 1.807) is 6.07 Å². The summed E-state index contributed by atoms with van der Waals surface area (Å²) in [5.41, 5.74) is 1.39. The molecule has 0 saturated carbocycles. The van der Waals surface area contributed by atoms with Gasteiger partial charge in [0.05, 0.1) is 18.2 Å². The minimum absolute atomic E-state index is 0.0759. The number of esters is 1. The SMILES string of the molecule is COC(=O)c1ccc(N=Nc2c(O)[nH]c3ccc(Br)cc23)nc1. The predicted molar refractivity (Wildman–Crippen MR) is 87.4 cm³/mol. The number of halogens is 1. The van der Waals surface area contributed by atoms with Crippen LogP contribution in [0.3, 0.4) is 0 Å². The smallest absolute Gasteiger partial charge is 0.339 e. The van der Waals surface area contributed by atoms with Gasteiger partial charge in [-0.3, -0.25) is 0 Å². The Balaban J connectivity index is 1.92. The number of carbonyl (C=O) groups is 1. The molecular formula is C15H11BrN4O3. The van der Waals surface area contributed by atoms with E-state index in [0.29, 0.717) is 17.1 Å². The summed E-state index contributed by atoms with van der Waals surface area (Å²) in [5, 5.41) is 18.7. The molecule has 0 bridgehead atoms. The van der Waals surface area contributed by atoms with Crippen molar-refractivity contribution in [3.8, 4) is 5.88 Å². The van der Waals surface area contributed by atoms with Gasteiger partial charge in [-0.25, -0.2) is 9.78 Å². The van der Waals surface area contributed by atoms with Crippen molar-refractivity contribution in [2.45, 2.75) is 0 Å². The summed E-state index contributed by atoms with van der Waals surface area (Å²) in [7, 11) is 1.30. The van der Waals surface area contributed by atoms with Crippen LogP contribution in [0.1, 0.15) is 10.4 Å². The molecule has 0 amide bonds. The van der Waals surface area contributed by atoms with E-state index in [1.807, 2.05) is 18.2 Å². The van der Waals surface area contributed by atoms with Gasteiger partial charge < -0.3 is 14.8 Å². The van der Waals surface area contributed by atoms with E-state index in [-0.39, 0.29) is 5.88 Å². The number of aromatic nitrogens is 2. The third kappa shape index (κ3) is 3.07. The zero-order valence-electron chi connectivity index (χ0n) is 11.9. The van der Waals surface area contributed by atoms with Crippen molar-refractivity contribution in [3.63, 3.8) is 0 Å². The lowest BCUT2D eigenvalue weighted by molar-refractivity contribution is 0.0600. The number of nitrogens with one attached hydrogen (secondary N) is 1. The minimum Gasteiger partial charge on any atom is -0.493 e. The lowest BCUT2D eigenvalue weighted by Crippen LogP contribution is -2.00. The van der Waals surface area contributed by atoms with E-state index in [1.165, 1.54) is 19.4 Å². The number of H-pyrrole nitrogens is 1. The van der Waals surface area contributed by atoms with Crippen LogP contribution in [0.25, 0.3) is 10.9 Å². The number of methoxy groups -OCH3 is 1. The highest BCUT2D eigenvalue weighted by molar-refractivity contribution is 9.10. The minimum atomic E-state index is -0.472. The number of nitrogens with zero attached hydrogens (tertiary/aromatic N) is 3. The average molecular weight is 375 g/mol. The summed E-state index contributed by atoms with van der Waals surface area (Å²) in [5.74, 6) is -0.241. The molecule has 0 saturated heterocycles. The Bertz CT molecular complexity index is 903. The maximum Gasteiger partial charge on any atom is 0.339 e. The monoisotopic (exact) mass is 374 g/mol. The number of aromatic amines is 1. The first-order chi connectivity index (χ1) is 11.1.